The van der Waals surface area contributed by atoms with Gasteiger partial charge in [-0.05, 0) is 32.9 Å². The Morgan fingerprint density at radius 1 is 1.38 bits per heavy atom. The third-order valence-corrected chi connectivity index (χ3v) is 3.54. The largest absolute Gasteiger partial charge is 0.496 e. The van der Waals surface area contributed by atoms with Crippen LogP contribution in [0.25, 0.3) is 11.3 Å². The predicted molar refractivity (Wildman–Crippen MR) is 86.9 cm³/mol. The van der Waals surface area contributed by atoms with Gasteiger partial charge in [0.1, 0.15) is 5.75 Å². The van der Waals surface area contributed by atoms with E-state index in [1.807, 2.05) is 44.4 Å². The van der Waals surface area contributed by atoms with Crippen LogP contribution in [0.4, 0.5) is 5.13 Å². The molecule has 0 unspecified atom stereocenters. The number of nitrogens with one attached hydrogen (secondary N) is 1. The van der Waals surface area contributed by atoms with Crippen molar-refractivity contribution in [2.75, 3.05) is 12.4 Å². The van der Waals surface area contributed by atoms with Gasteiger partial charge in [0, 0.05) is 17.0 Å². The molecule has 1 heterocycles. The molecule has 2 aromatic rings. The van der Waals surface area contributed by atoms with Crippen molar-refractivity contribution >= 4 is 22.4 Å². The van der Waals surface area contributed by atoms with Crippen molar-refractivity contribution in [1.29, 1.82) is 0 Å². The van der Waals surface area contributed by atoms with E-state index in [2.05, 4.69) is 10.3 Å². The Bertz CT molecular complexity index is 685. The van der Waals surface area contributed by atoms with E-state index >= 15 is 0 Å². The fraction of sp³-hybridized carbons (Fsp3) is 0.250. The Morgan fingerprint density at radius 3 is 2.81 bits per heavy atom. The molecular weight excluding hydrogens is 284 g/mol. The summed E-state index contributed by atoms with van der Waals surface area (Å²) in [5.41, 5.74) is 3.81. The molecule has 0 saturated heterocycles. The first-order valence-corrected chi connectivity index (χ1v) is 7.44. The maximum atomic E-state index is 11.7. The van der Waals surface area contributed by atoms with E-state index in [1.54, 1.807) is 13.2 Å². The second-order valence-electron chi connectivity index (χ2n) is 4.95. The number of hydrogen-bond donors (Lipinski definition) is 1. The molecule has 2 rings (SSSR count). The molecule has 1 aromatic heterocycles. The van der Waals surface area contributed by atoms with E-state index in [4.69, 9.17) is 4.74 Å². The van der Waals surface area contributed by atoms with Gasteiger partial charge in [-0.2, -0.15) is 0 Å². The monoisotopic (exact) mass is 302 g/mol. The fourth-order valence-electron chi connectivity index (χ4n) is 1.88. The van der Waals surface area contributed by atoms with Crippen molar-refractivity contribution < 1.29 is 9.53 Å². The number of ether oxygens (including phenoxy) is 1. The summed E-state index contributed by atoms with van der Waals surface area (Å²) in [5, 5.41) is 5.26. The van der Waals surface area contributed by atoms with Gasteiger partial charge in [-0.1, -0.05) is 17.2 Å². The number of anilines is 1. The molecule has 1 aromatic carbocycles. The Kier molecular flexibility index (Phi) is 4.75. The van der Waals surface area contributed by atoms with E-state index in [9.17, 15) is 4.79 Å². The number of rotatable bonds is 4. The van der Waals surface area contributed by atoms with Crippen LogP contribution in [0.3, 0.4) is 0 Å². The van der Waals surface area contributed by atoms with Crippen LogP contribution in [0.2, 0.25) is 0 Å². The SMILES string of the molecule is COc1ccc(C)cc1-c1csc(NC(=O)C=C(C)C)n1. The molecule has 0 aliphatic carbocycles. The zero-order valence-electron chi connectivity index (χ0n) is 12.6. The van der Waals surface area contributed by atoms with Crippen LogP contribution in [0.5, 0.6) is 5.75 Å². The molecule has 110 valence electrons. The molecule has 0 saturated carbocycles. The lowest BCUT2D eigenvalue weighted by atomic mass is 10.1. The number of amides is 1. The summed E-state index contributed by atoms with van der Waals surface area (Å²) in [6.45, 7) is 5.78. The lowest BCUT2D eigenvalue weighted by Gasteiger charge is -2.07. The lowest BCUT2D eigenvalue weighted by molar-refractivity contribution is -0.111. The normalized spacial score (nSPS) is 10.1. The molecule has 0 fully saturated rings. The van der Waals surface area contributed by atoms with Crippen LogP contribution >= 0.6 is 11.3 Å². The molecule has 1 N–H and O–H groups in total. The fourth-order valence-corrected chi connectivity index (χ4v) is 2.59. The highest BCUT2D eigenvalue weighted by Crippen LogP contribution is 2.32. The number of thiazole rings is 1. The molecule has 0 bridgehead atoms. The smallest absolute Gasteiger partial charge is 0.250 e. The zero-order valence-corrected chi connectivity index (χ0v) is 13.4. The minimum Gasteiger partial charge on any atom is -0.496 e. The number of hydrogen-bond acceptors (Lipinski definition) is 4. The highest BCUT2D eigenvalue weighted by Gasteiger charge is 2.11. The third kappa shape index (κ3) is 3.92. The average Bonchev–Trinajstić information content (AvgIpc) is 2.85. The van der Waals surface area contributed by atoms with Crippen LogP contribution in [-0.4, -0.2) is 18.0 Å². The van der Waals surface area contributed by atoms with E-state index < -0.39 is 0 Å². The predicted octanol–water partition coefficient (Wildman–Crippen LogP) is 4.03. The van der Waals surface area contributed by atoms with Crippen molar-refractivity contribution in [3.63, 3.8) is 0 Å². The number of carbonyl (C=O) groups excluding carboxylic acids is 1. The summed E-state index contributed by atoms with van der Waals surface area (Å²) in [6.07, 6.45) is 1.55. The molecule has 0 spiro atoms. The van der Waals surface area contributed by atoms with Crippen LogP contribution in [0.1, 0.15) is 19.4 Å². The summed E-state index contributed by atoms with van der Waals surface area (Å²) in [4.78, 5) is 16.2. The zero-order chi connectivity index (χ0) is 15.4. The van der Waals surface area contributed by atoms with Crippen LogP contribution in [0, 0.1) is 6.92 Å². The summed E-state index contributed by atoms with van der Waals surface area (Å²) in [6, 6.07) is 5.94. The number of aryl methyl sites for hydroxylation is 1. The van der Waals surface area contributed by atoms with E-state index in [1.165, 1.54) is 11.3 Å². The minimum atomic E-state index is -0.160. The van der Waals surface area contributed by atoms with Gasteiger partial charge in [-0.3, -0.25) is 10.1 Å². The lowest BCUT2D eigenvalue weighted by Crippen LogP contribution is -2.08. The molecule has 0 aliphatic rings. The molecule has 1 amide bonds. The number of methoxy groups -OCH3 is 1. The van der Waals surface area contributed by atoms with Crippen LogP contribution in [-0.2, 0) is 4.79 Å². The Morgan fingerprint density at radius 2 is 2.14 bits per heavy atom. The summed E-state index contributed by atoms with van der Waals surface area (Å²) in [7, 11) is 1.64. The van der Waals surface area contributed by atoms with Crippen molar-refractivity contribution in [1.82, 2.24) is 4.98 Å². The molecule has 0 radical (unpaired) electrons. The maximum Gasteiger partial charge on any atom is 0.250 e. The van der Waals surface area contributed by atoms with Gasteiger partial charge in [-0.15, -0.1) is 11.3 Å². The molecule has 4 nitrogen and oxygen atoms in total. The molecular formula is C16H18N2O2S. The minimum absolute atomic E-state index is 0.160. The van der Waals surface area contributed by atoms with Gasteiger partial charge in [0.25, 0.3) is 0 Å². The molecule has 5 heteroatoms. The van der Waals surface area contributed by atoms with Crippen molar-refractivity contribution in [2.24, 2.45) is 0 Å². The number of aromatic nitrogens is 1. The molecule has 0 aliphatic heterocycles. The Balaban J connectivity index is 2.26. The number of carbonyl (C=O) groups is 1. The second-order valence-corrected chi connectivity index (χ2v) is 5.81. The first-order chi connectivity index (χ1) is 9.99. The van der Waals surface area contributed by atoms with Crippen molar-refractivity contribution in [3.8, 4) is 17.0 Å². The second kappa shape index (κ2) is 6.54. The topological polar surface area (TPSA) is 51.2 Å². The Labute approximate surface area is 128 Å². The van der Waals surface area contributed by atoms with Crippen molar-refractivity contribution in [2.45, 2.75) is 20.8 Å². The highest BCUT2D eigenvalue weighted by atomic mass is 32.1. The van der Waals surface area contributed by atoms with Crippen LogP contribution < -0.4 is 10.1 Å². The van der Waals surface area contributed by atoms with Crippen molar-refractivity contribution in [3.05, 3.63) is 40.8 Å². The van der Waals surface area contributed by atoms with Gasteiger partial charge < -0.3 is 4.74 Å². The van der Waals surface area contributed by atoms with E-state index in [0.717, 1.165) is 28.1 Å². The summed E-state index contributed by atoms with van der Waals surface area (Å²) in [5.74, 6) is 0.611. The number of allylic oxidation sites excluding steroid dienone is 1. The van der Waals surface area contributed by atoms with Gasteiger partial charge in [0.15, 0.2) is 5.13 Å². The van der Waals surface area contributed by atoms with E-state index in [0.29, 0.717) is 5.13 Å². The Hall–Kier alpha value is -2.14. The average molecular weight is 302 g/mol. The maximum absolute atomic E-state index is 11.7. The van der Waals surface area contributed by atoms with Gasteiger partial charge in [0.2, 0.25) is 5.91 Å². The van der Waals surface area contributed by atoms with Gasteiger partial charge in [-0.25, -0.2) is 4.98 Å². The standard InChI is InChI=1S/C16H18N2O2S/c1-10(2)7-15(19)18-16-17-13(9-21-16)12-8-11(3)5-6-14(12)20-4/h5-9H,1-4H3,(H,17,18,19). The highest BCUT2D eigenvalue weighted by molar-refractivity contribution is 7.14. The van der Waals surface area contributed by atoms with Crippen LogP contribution in [0.15, 0.2) is 35.2 Å². The number of nitrogens with zero attached hydrogens (tertiary/aromatic N) is 1. The first kappa shape index (κ1) is 15.3. The quantitative estimate of drug-likeness (QED) is 0.867. The summed E-state index contributed by atoms with van der Waals surface area (Å²) >= 11 is 1.40. The molecule has 21 heavy (non-hydrogen) atoms. The third-order valence-electron chi connectivity index (χ3n) is 2.79. The first-order valence-electron chi connectivity index (χ1n) is 6.56. The number of benzene rings is 1. The summed E-state index contributed by atoms with van der Waals surface area (Å²) < 4.78 is 5.37. The van der Waals surface area contributed by atoms with Gasteiger partial charge in [0.05, 0.1) is 12.8 Å². The molecule has 0 atom stereocenters. The van der Waals surface area contributed by atoms with E-state index in [-0.39, 0.29) is 5.91 Å². The van der Waals surface area contributed by atoms with Gasteiger partial charge >= 0.3 is 0 Å².